The Labute approximate surface area is 102 Å². The van der Waals surface area contributed by atoms with Gasteiger partial charge in [0, 0.05) is 0 Å². The topological polar surface area (TPSA) is 43.4 Å². The van der Waals surface area contributed by atoms with E-state index in [1.807, 2.05) is 25.1 Å². The van der Waals surface area contributed by atoms with Gasteiger partial charge in [-0.15, -0.1) is 0 Å². The summed E-state index contributed by atoms with van der Waals surface area (Å²) in [6.07, 6.45) is 0.408. The van der Waals surface area contributed by atoms with E-state index in [0.29, 0.717) is 12.0 Å². The zero-order valence-corrected chi connectivity index (χ0v) is 10.5. The van der Waals surface area contributed by atoms with Gasteiger partial charge in [0.05, 0.1) is 6.61 Å². The normalized spacial score (nSPS) is 13.8. The Hall–Kier alpha value is -1.64. The van der Waals surface area contributed by atoms with Crippen LogP contribution in [0.1, 0.15) is 32.8 Å². The van der Waals surface area contributed by atoms with Crippen LogP contribution in [-0.4, -0.2) is 18.4 Å². The van der Waals surface area contributed by atoms with E-state index < -0.39 is 11.4 Å². The quantitative estimate of drug-likeness (QED) is 0.580. The van der Waals surface area contributed by atoms with E-state index in [9.17, 15) is 9.59 Å². The van der Waals surface area contributed by atoms with Gasteiger partial charge in [-0.3, -0.25) is 9.59 Å². The van der Waals surface area contributed by atoms with Crippen LogP contribution in [-0.2, 0) is 19.7 Å². The summed E-state index contributed by atoms with van der Waals surface area (Å²) in [5, 5.41) is 0. The van der Waals surface area contributed by atoms with Crippen molar-refractivity contribution >= 4 is 11.8 Å². The lowest BCUT2D eigenvalue weighted by Gasteiger charge is -2.28. The number of Topliss-reactive ketones (excluding diaryl/α,β-unsaturated/α-hetero) is 1. The fourth-order valence-electron chi connectivity index (χ4n) is 2.04. The summed E-state index contributed by atoms with van der Waals surface area (Å²) in [5.74, 6) is -0.633. The van der Waals surface area contributed by atoms with Crippen molar-refractivity contribution in [1.29, 1.82) is 0 Å². The highest BCUT2D eigenvalue weighted by atomic mass is 16.5. The summed E-state index contributed by atoms with van der Waals surface area (Å²) in [5.41, 5.74) is -0.453. The second-order valence-corrected chi connectivity index (χ2v) is 3.90. The Morgan fingerprint density at radius 2 is 1.76 bits per heavy atom. The summed E-state index contributed by atoms with van der Waals surface area (Å²) in [7, 11) is 0. The molecule has 0 amide bonds. The van der Waals surface area contributed by atoms with Crippen molar-refractivity contribution < 1.29 is 14.3 Å². The van der Waals surface area contributed by atoms with Gasteiger partial charge in [-0.25, -0.2) is 0 Å². The van der Waals surface area contributed by atoms with Gasteiger partial charge in [-0.2, -0.15) is 0 Å². The third-order valence-corrected chi connectivity index (χ3v) is 3.02. The van der Waals surface area contributed by atoms with Gasteiger partial charge in [0.15, 0.2) is 11.2 Å². The Bertz CT molecular complexity index is 397. The molecule has 0 saturated heterocycles. The van der Waals surface area contributed by atoms with Crippen molar-refractivity contribution in [1.82, 2.24) is 0 Å². The summed E-state index contributed by atoms with van der Waals surface area (Å²) >= 11 is 0. The lowest BCUT2D eigenvalue weighted by molar-refractivity contribution is -0.154. The molecule has 1 unspecified atom stereocenters. The number of rotatable bonds is 5. The number of ketones is 1. The van der Waals surface area contributed by atoms with E-state index in [0.717, 1.165) is 0 Å². The van der Waals surface area contributed by atoms with Gasteiger partial charge in [0.25, 0.3) is 0 Å². The van der Waals surface area contributed by atoms with Crippen LogP contribution < -0.4 is 0 Å². The first kappa shape index (κ1) is 13.4. The van der Waals surface area contributed by atoms with E-state index in [1.54, 1.807) is 19.1 Å². The van der Waals surface area contributed by atoms with Crippen molar-refractivity contribution in [3.63, 3.8) is 0 Å². The largest absolute Gasteiger partial charge is 0.465 e. The van der Waals surface area contributed by atoms with Gasteiger partial charge in [0.2, 0.25) is 0 Å². The molecule has 0 saturated carbocycles. The summed E-state index contributed by atoms with van der Waals surface area (Å²) < 4.78 is 5.05. The van der Waals surface area contributed by atoms with Gasteiger partial charge in [-0.1, -0.05) is 37.3 Å². The SMILES string of the molecule is CCOC(=O)C(CC)(C(C)=O)c1ccccc1. The van der Waals surface area contributed by atoms with Crippen LogP contribution in [0.25, 0.3) is 0 Å². The first-order chi connectivity index (χ1) is 8.09. The monoisotopic (exact) mass is 234 g/mol. The Morgan fingerprint density at radius 3 is 2.18 bits per heavy atom. The second-order valence-electron chi connectivity index (χ2n) is 3.90. The molecule has 0 spiro atoms. The van der Waals surface area contributed by atoms with E-state index in [4.69, 9.17) is 4.74 Å². The standard InChI is InChI=1S/C14H18O3/c1-4-14(11(3)15,13(16)17-5-2)12-9-7-6-8-10-12/h6-10H,4-5H2,1-3H3. The van der Waals surface area contributed by atoms with Crippen molar-refractivity contribution in [2.45, 2.75) is 32.6 Å². The number of carbonyl (C=O) groups is 2. The summed E-state index contributed by atoms with van der Waals surface area (Å²) in [4.78, 5) is 24.0. The minimum Gasteiger partial charge on any atom is -0.465 e. The number of benzene rings is 1. The molecule has 0 aliphatic heterocycles. The Kier molecular flexibility index (Phi) is 4.44. The number of carbonyl (C=O) groups excluding carboxylic acids is 2. The highest BCUT2D eigenvalue weighted by Crippen LogP contribution is 2.30. The highest BCUT2D eigenvalue weighted by Gasteiger charge is 2.44. The third-order valence-electron chi connectivity index (χ3n) is 3.02. The molecule has 1 atom stereocenters. The molecule has 0 bridgehead atoms. The Morgan fingerprint density at radius 1 is 1.18 bits per heavy atom. The third kappa shape index (κ3) is 2.38. The molecule has 1 aromatic rings. The zero-order chi connectivity index (χ0) is 12.9. The molecule has 1 rings (SSSR count). The maximum Gasteiger partial charge on any atom is 0.324 e. The Balaban J connectivity index is 3.28. The van der Waals surface area contributed by atoms with Gasteiger partial charge >= 0.3 is 5.97 Å². The van der Waals surface area contributed by atoms with E-state index in [2.05, 4.69) is 0 Å². The zero-order valence-electron chi connectivity index (χ0n) is 10.5. The molecule has 3 nitrogen and oxygen atoms in total. The highest BCUT2D eigenvalue weighted by molar-refractivity contribution is 6.08. The van der Waals surface area contributed by atoms with Crippen molar-refractivity contribution in [3.05, 3.63) is 35.9 Å². The maximum atomic E-state index is 12.1. The molecule has 0 aromatic heterocycles. The van der Waals surface area contributed by atoms with Crippen LogP contribution in [0.2, 0.25) is 0 Å². The average molecular weight is 234 g/mol. The van der Waals surface area contributed by atoms with E-state index in [-0.39, 0.29) is 12.4 Å². The molecular weight excluding hydrogens is 216 g/mol. The van der Waals surface area contributed by atoms with Crippen molar-refractivity contribution in [2.75, 3.05) is 6.61 Å². The average Bonchev–Trinajstić information content (AvgIpc) is 2.32. The fraction of sp³-hybridized carbons (Fsp3) is 0.429. The van der Waals surface area contributed by atoms with Crippen LogP contribution in [0.4, 0.5) is 0 Å². The van der Waals surface area contributed by atoms with Crippen LogP contribution in [0.3, 0.4) is 0 Å². The van der Waals surface area contributed by atoms with Crippen molar-refractivity contribution in [2.24, 2.45) is 0 Å². The number of hydrogen-bond donors (Lipinski definition) is 0. The number of esters is 1. The lowest BCUT2D eigenvalue weighted by atomic mass is 9.75. The van der Waals surface area contributed by atoms with Crippen molar-refractivity contribution in [3.8, 4) is 0 Å². The molecule has 92 valence electrons. The molecular formula is C14H18O3. The van der Waals surface area contributed by atoms with Crippen LogP contribution >= 0.6 is 0 Å². The van der Waals surface area contributed by atoms with Gasteiger partial charge in [-0.05, 0) is 25.8 Å². The molecule has 0 N–H and O–H groups in total. The summed E-state index contributed by atoms with van der Waals surface area (Å²) in [6.45, 7) is 5.28. The van der Waals surface area contributed by atoms with Crippen LogP contribution in [0, 0.1) is 0 Å². The maximum absolute atomic E-state index is 12.1. The second kappa shape index (κ2) is 5.62. The summed E-state index contributed by atoms with van der Waals surface area (Å²) in [6, 6.07) is 9.09. The first-order valence-electron chi connectivity index (χ1n) is 5.83. The molecule has 0 fully saturated rings. The van der Waals surface area contributed by atoms with E-state index >= 15 is 0 Å². The molecule has 0 heterocycles. The molecule has 1 aromatic carbocycles. The molecule has 0 aliphatic rings. The van der Waals surface area contributed by atoms with E-state index in [1.165, 1.54) is 6.92 Å². The lowest BCUT2D eigenvalue weighted by Crippen LogP contribution is -2.43. The smallest absolute Gasteiger partial charge is 0.324 e. The number of ether oxygens (including phenoxy) is 1. The first-order valence-corrected chi connectivity index (χ1v) is 5.83. The molecule has 3 heteroatoms. The van der Waals surface area contributed by atoms with Gasteiger partial charge < -0.3 is 4.74 Å². The van der Waals surface area contributed by atoms with Crippen LogP contribution in [0.15, 0.2) is 30.3 Å². The minimum absolute atomic E-state index is 0.176. The predicted molar refractivity (Wildman–Crippen MR) is 65.7 cm³/mol. The fourth-order valence-corrected chi connectivity index (χ4v) is 2.04. The molecule has 17 heavy (non-hydrogen) atoms. The molecule has 0 radical (unpaired) electrons. The van der Waals surface area contributed by atoms with Crippen LogP contribution in [0.5, 0.6) is 0 Å². The number of hydrogen-bond acceptors (Lipinski definition) is 3. The minimum atomic E-state index is -1.16. The predicted octanol–water partition coefficient (Wildman–Crippen LogP) is 2.49. The van der Waals surface area contributed by atoms with Gasteiger partial charge in [0.1, 0.15) is 0 Å². The molecule has 0 aliphatic carbocycles.